The molecule has 1 aliphatic carbocycles. The average Bonchev–Trinajstić information content (AvgIpc) is 2.47. The highest BCUT2D eigenvalue weighted by atomic mass is 16.4. The molecule has 21 heavy (non-hydrogen) atoms. The van der Waals surface area contributed by atoms with Crippen LogP contribution in [0.15, 0.2) is 24.3 Å². The van der Waals surface area contributed by atoms with Crippen LogP contribution in [0.4, 0.5) is 0 Å². The predicted molar refractivity (Wildman–Crippen MR) is 78.2 cm³/mol. The van der Waals surface area contributed by atoms with Crippen molar-refractivity contribution in [1.29, 1.82) is 0 Å². The first-order chi connectivity index (χ1) is 10.1. The molecule has 3 rings (SSSR count). The maximum atomic E-state index is 12.5. The minimum Gasteiger partial charge on any atom is -0.481 e. The molecule has 1 aromatic rings. The van der Waals surface area contributed by atoms with E-state index in [1.807, 2.05) is 23.1 Å². The van der Waals surface area contributed by atoms with Gasteiger partial charge in [0.05, 0.1) is 12.3 Å². The summed E-state index contributed by atoms with van der Waals surface area (Å²) in [6.45, 7) is 3.53. The number of carbonyl (C=O) groups is 2. The highest BCUT2D eigenvalue weighted by molar-refractivity contribution is 5.87. The Labute approximate surface area is 124 Å². The van der Waals surface area contributed by atoms with Crippen molar-refractivity contribution in [3.8, 4) is 0 Å². The van der Waals surface area contributed by atoms with Crippen molar-refractivity contribution in [1.82, 2.24) is 9.80 Å². The fraction of sp³-hybridized carbons (Fsp3) is 0.500. The van der Waals surface area contributed by atoms with Crippen LogP contribution >= 0.6 is 0 Å². The van der Waals surface area contributed by atoms with Gasteiger partial charge in [0.2, 0.25) is 5.91 Å². The van der Waals surface area contributed by atoms with Crippen molar-refractivity contribution in [3.63, 3.8) is 0 Å². The Morgan fingerprint density at radius 2 is 1.86 bits per heavy atom. The number of amides is 1. The van der Waals surface area contributed by atoms with Gasteiger partial charge in [-0.25, -0.2) is 0 Å². The zero-order chi connectivity index (χ0) is 14.8. The van der Waals surface area contributed by atoms with E-state index in [0.717, 1.165) is 19.5 Å². The molecule has 1 atom stereocenters. The van der Waals surface area contributed by atoms with Crippen molar-refractivity contribution in [2.45, 2.75) is 18.8 Å². The number of rotatable bonds is 4. The van der Waals surface area contributed by atoms with Crippen LogP contribution in [0.25, 0.3) is 0 Å². The van der Waals surface area contributed by atoms with Gasteiger partial charge in [-0.2, -0.15) is 0 Å². The van der Waals surface area contributed by atoms with Crippen LogP contribution in [0.1, 0.15) is 23.5 Å². The van der Waals surface area contributed by atoms with Gasteiger partial charge in [0.15, 0.2) is 0 Å². The fourth-order valence-corrected chi connectivity index (χ4v) is 3.15. The Hall–Kier alpha value is -1.88. The molecule has 0 aromatic heterocycles. The number of hydrogen-bond donors (Lipinski definition) is 1. The zero-order valence-electron chi connectivity index (χ0n) is 12.0. The van der Waals surface area contributed by atoms with E-state index in [9.17, 15) is 9.59 Å². The molecule has 0 saturated carbocycles. The summed E-state index contributed by atoms with van der Waals surface area (Å²) in [4.78, 5) is 27.2. The summed E-state index contributed by atoms with van der Waals surface area (Å²) in [5, 5.41) is 8.70. The van der Waals surface area contributed by atoms with E-state index in [1.54, 1.807) is 0 Å². The van der Waals surface area contributed by atoms with E-state index in [0.29, 0.717) is 19.6 Å². The van der Waals surface area contributed by atoms with E-state index in [4.69, 9.17) is 5.11 Å². The monoisotopic (exact) mass is 288 g/mol. The predicted octanol–water partition coefficient (Wildman–Crippen LogP) is 0.945. The molecule has 0 radical (unpaired) electrons. The number of benzene rings is 1. The van der Waals surface area contributed by atoms with Gasteiger partial charge in [0, 0.05) is 32.7 Å². The first-order valence-corrected chi connectivity index (χ1v) is 7.46. The molecule has 1 N–H and O–H groups in total. The van der Waals surface area contributed by atoms with Crippen molar-refractivity contribution in [3.05, 3.63) is 35.4 Å². The Kier molecular flexibility index (Phi) is 3.92. The summed E-state index contributed by atoms with van der Waals surface area (Å²) < 4.78 is 0. The molecule has 1 aromatic carbocycles. The van der Waals surface area contributed by atoms with E-state index >= 15 is 0 Å². The molecule has 5 heteroatoms. The second kappa shape index (κ2) is 5.85. The van der Waals surface area contributed by atoms with Crippen LogP contribution in [0, 0.1) is 0 Å². The van der Waals surface area contributed by atoms with Crippen LogP contribution in [0.2, 0.25) is 0 Å². The van der Waals surface area contributed by atoms with Gasteiger partial charge in [0.25, 0.3) is 0 Å². The van der Waals surface area contributed by atoms with Crippen molar-refractivity contribution in [2.24, 2.45) is 0 Å². The van der Waals surface area contributed by atoms with E-state index in [1.165, 1.54) is 11.1 Å². The molecule has 1 heterocycles. The van der Waals surface area contributed by atoms with Crippen LogP contribution in [0.5, 0.6) is 0 Å². The van der Waals surface area contributed by atoms with Gasteiger partial charge in [-0.3, -0.25) is 14.5 Å². The summed E-state index contributed by atoms with van der Waals surface area (Å²) in [5.74, 6) is -0.502. The molecule has 0 spiro atoms. The molecule has 2 aliphatic rings. The van der Waals surface area contributed by atoms with Gasteiger partial charge in [0.1, 0.15) is 0 Å². The van der Waals surface area contributed by atoms with Gasteiger partial charge < -0.3 is 10.0 Å². The highest BCUT2D eigenvalue weighted by Gasteiger charge is 2.35. The van der Waals surface area contributed by atoms with Gasteiger partial charge in [-0.05, 0) is 17.5 Å². The highest BCUT2D eigenvalue weighted by Crippen LogP contribution is 2.36. The summed E-state index contributed by atoms with van der Waals surface area (Å²) in [5.41, 5.74) is 2.46. The number of fused-ring (bicyclic) bond motifs is 1. The van der Waals surface area contributed by atoms with Crippen LogP contribution in [-0.2, 0) is 16.0 Å². The Bertz CT molecular complexity index is 550. The molecule has 5 nitrogen and oxygen atoms in total. The smallest absolute Gasteiger partial charge is 0.304 e. The summed E-state index contributed by atoms with van der Waals surface area (Å²) in [6, 6.07) is 8.14. The lowest BCUT2D eigenvalue weighted by molar-refractivity contribution is -0.139. The number of carboxylic acids is 1. The largest absolute Gasteiger partial charge is 0.481 e. The Morgan fingerprint density at radius 3 is 2.52 bits per heavy atom. The van der Waals surface area contributed by atoms with Crippen LogP contribution in [-0.4, -0.2) is 59.5 Å². The second-order valence-electron chi connectivity index (χ2n) is 5.77. The average molecular weight is 288 g/mol. The molecule has 1 fully saturated rings. The molecule has 1 saturated heterocycles. The van der Waals surface area contributed by atoms with Crippen LogP contribution < -0.4 is 0 Å². The molecule has 1 aliphatic heterocycles. The third-order valence-corrected chi connectivity index (χ3v) is 4.48. The van der Waals surface area contributed by atoms with Crippen molar-refractivity contribution >= 4 is 11.9 Å². The van der Waals surface area contributed by atoms with Gasteiger partial charge in [-0.15, -0.1) is 0 Å². The number of nitrogens with zero attached hydrogens (tertiary/aromatic N) is 2. The zero-order valence-corrected chi connectivity index (χ0v) is 12.0. The molecular weight excluding hydrogens is 268 g/mol. The van der Waals surface area contributed by atoms with E-state index in [2.05, 4.69) is 11.0 Å². The third-order valence-electron chi connectivity index (χ3n) is 4.48. The minimum absolute atomic E-state index is 0.0340. The second-order valence-corrected chi connectivity index (χ2v) is 5.77. The Balaban J connectivity index is 1.51. The Morgan fingerprint density at radius 1 is 1.14 bits per heavy atom. The number of aliphatic carboxylic acids is 1. The fourth-order valence-electron chi connectivity index (χ4n) is 3.15. The lowest BCUT2D eigenvalue weighted by Gasteiger charge is -2.39. The molecule has 1 unspecified atom stereocenters. The topological polar surface area (TPSA) is 60.9 Å². The number of hydrogen-bond acceptors (Lipinski definition) is 3. The molecule has 0 bridgehead atoms. The molecule has 1 amide bonds. The van der Waals surface area contributed by atoms with Gasteiger partial charge >= 0.3 is 5.97 Å². The number of carbonyl (C=O) groups excluding carboxylic acids is 1. The van der Waals surface area contributed by atoms with E-state index in [-0.39, 0.29) is 18.2 Å². The molecule has 112 valence electrons. The van der Waals surface area contributed by atoms with Crippen molar-refractivity contribution < 1.29 is 14.7 Å². The molecular formula is C16H20N2O3. The normalized spacial score (nSPS) is 21.5. The minimum atomic E-state index is -0.764. The maximum Gasteiger partial charge on any atom is 0.304 e. The maximum absolute atomic E-state index is 12.5. The summed E-state index contributed by atoms with van der Waals surface area (Å²) in [6.07, 6.45) is 1.03. The summed E-state index contributed by atoms with van der Waals surface area (Å²) >= 11 is 0. The van der Waals surface area contributed by atoms with Gasteiger partial charge in [-0.1, -0.05) is 24.3 Å². The van der Waals surface area contributed by atoms with Crippen LogP contribution in [0.3, 0.4) is 0 Å². The first kappa shape index (κ1) is 14.1. The SMILES string of the molecule is O=C(O)CCN1CCN(C(=O)C2Cc3ccccc32)CC1. The van der Waals surface area contributed by atoms with E-state index < -0.39 is 5.97 Å². The lowest BCUT2D eigenvalue weighted by atomic mass is 9.77. The first-order valence-electron chi connectivity index (χ1n) is 7.46. The standard InChI is InChI=1S/C16H20N2O3/c19-15(20)5-6-17-7-9-18(10-8-17)16(21)14-11-12-3-1-2-4-13(12)14/h1-4,14H,5-11H2,(H,19,20). The quantitative estimate of drug-likeness (QED) is 0.896. The third kappa shape index (κ3) is 2.93. The number of piperazine rings is 1. The van der Waals surface area contributed by atoms with Crippen molar-refractivity contribution in [2.75, 3.05) is 32.7 Å². The lowest BCUT2D eigenvalue weighted by Crippen LogP contribution is -2.51. The summed E-state index contributed by atoms with van der Waals surface area (Å²) in [7, 11) is 0. The number of carboxylic acid groups (broad SMARTS) is 1.